The Morgan fingerprint density at radius 1 is 1.05 bits per heavy atom. The zero-order chi connectivity index (χ0) is 14.6. The Labute approximate surface area is 133 Å². The molecule has 0 saturated carbocycles. The van der Waals surface area contributed by atoms with E-state index in [9.17, 15) is 0 Å². The Kier molecular flexibility index (Phi) is 10.3. The Bertz CT molecular complexity index is 339. The van der Waals surface area contributed by atoms with Gasteiger partial charge in [-0.3, -0.25) is 0 Å². The van der Waals surface area contributed by atoms with Crippen LogP contribution in [0.3, 0.4) is 0 Å². The summed E-state index contributed by atoms with van der Waals surface area (Å²) >= 11 is 7.85. The van der Waals surface area contributed by atoms with Gasteiger partial charge in [-0.25, -0.2) is 0 Å². The lowest BCUT2D eigenvalue weighted by Gasteiger charge is -2.18. The predicted octanol–water partition coefficient (Wildman–Crippen LogP) is 5.77. The molecule has 0 heterocycles. The average Bonchev–Trinajstić information content (AvgIpc) is 2.47. The fourth-order valence-electron chi connectivity index (χ4n) is 2.14. The first-order chi connectivity index (χ1) is 9.76. The number of rotatable bonds is 11. The van der Waals surface area contributed by atoms with Gasteiger partial charge in [-0.2, -0.15) is 0 Å². The van der Waals surface area contributed by atoms with Gasteiger partial charge in [-0.15, -0.1) is 11.8 Å². The van der Waals surface area contributed by atoms with Crippen molar-refractivity contribution in [3.05, 3.63) is 29.3 Å². The first-order valence-corrected chi connectivity index (χ1v) is 9.24. The van der Waals surface area contributed by atoms with E-state index in [0.29, 0.717) is 6.04 Å². The maximum atomic E-state index is 5.92. The van der Waals surface area contributed by atoms with Gasteiger partial charge in [-0.05, 0) is 43.7 Å². The summed E-state index contributed by atoms with van der Waals surface area (Å²) in [7, 11) is 0. The van der Waals surface area contributed by atoms with Crippen LogP contribution in [0.1, 0.15) is 52.4 Å². The van der Waals surface area contributed by atoms with Gasteiger partial charge < -0.3 is 5.32 Å². The minimum Gasteiger partial charge on any atom is -0.313 e. The number of hydrogen-bond donors (Lipinski definition) is 1. The second-order valence-corrected chi connectivity index (χ2v) is 6.80. The van der Waals surface area contributed by atoms with Crippen molar-refractivity contribution in [3.8, 4) is 0 Å². The van der Waals surface area contributed by atoms with Crippen LogP contribution in [0.2, 0.25) is 5.02 Å². The van der Waals surface area contributed by atoms with Crippen LogP contribution in [0.4, 0.5) is 0 Å². The zero-order valence-corrected chi connectivity index (χ0v) is 14.4. The quantitative estimate of drug-likeness (QED) is 0.411. The van der Waals surface area contributed by atoms with Crippen LogP contribution in [0, 0.1) is 0 Å². The van der Waals surface area contributed by atoms with Gasteiger partial charge in [0.2, 0.25) is 0 Å². The van der Waals surface area contributed by atoms with Crippen LogP contribution in [-0.4, -0.2) is 18.3 Å². The van der Waals surface area contributed by atoms with E-state index in [1.54, 1.807) is 0 Å². The largest absolute Gasteiger partial charge is 0.313 e. The van der Waals surface area contributed by atoms with Gasteiger partial charge in [0, 0.05) is 21.7 Å². The fraction of sp³-hybridized carbons (Fsp3) is 0.647. The summed E-state index contributed by atoms with van der Waals surface area (Å²) in [5.41, 5.74) is 0. The highest BCUT2D eigenvalue weighted by Gasteiger charge is 2.08. The Morgan fingerprint density at radius 3 is 2.45 bits per heavy atom. The third-order valence-corrected chi connectivity index (χ3v) is 4.78. The van der Waals surface area contributed by atoms with Crippen molar-refractivity contribution in [2.24, 2.45) is 0 Å². The molecule has 114 valence electrons. The van der Waals surface area contributed by atoms with Crippen LogP contribution in [0.25, 0.3) is 0 Å². The maximum absolute atomic E-state index is 5.92. The molecule has 1 N–H and O–H groups in total. The maximum Gasteiger partial charge on any atom is 0.0406 e. The standard InChI is InChI=1S/C17H28ClNS/c1-3-5-6-7-8-16(19-13-4-2)14-20-17-11-9-15(18)10-12-17/h9-12,16,19H,3-8,13-14H2,1-2H3. The van der Waals surface area contributed by atoms with E-state index in [1.165, 1.54) is 43.4 Å². The van der Waals surface area contributed by atoms with Crippen LogP contribution in [-0.2, 0) is 0 Å². The summed E-state index contributed by atoms with van der Waals surface area (Å²) < 4.78 is 0. The molecule has 3 heteroatoms. The van der Waals surface area contributed by atoms with E-state index in [1.807, 2.05) is 23.9 Å². The molecule has 1 aromatic rings. The van der Waals surface area contributed by atoms with Crippen LogP contribution >= 0.6 is 23.4 Å². The molecule has 0 amide bonds. The minimum atomic E-state index is 0.632. The molecule has 1 atom stereocenters. The Balaban J connectivity index is 2.32. The lowest BCUT2D eigenvalue weighted by molar-refractivity contribution is 0.488. The fourth-order valence-corrected chi connectivity index (χ4v) is 3.27. The highest BCUT2D eigenvalue weighted by molar-refractivity contribution is 7.99. The molecule has 0 spiro atoms. The summed E-state index contributed by atoms with van der Waals surface area (Å²) in [6.07, 6.45) is 7.89. The van der Waals surface area contributed by atoms with Crippen LogP contribution in [0.15, 0.2) is 29.2 Å². The van der Waals surface area contributed by atoms with Crippen molar-refractivity contribution in [3.63, 3.8) is 0 Å². The second kappa shape index (κ2) is 11.5. The van der Waals surface area contributed by atoms with Crippen molar-refractivity contribution in [2.45, 2.75) is 63.3 Å². The van der Waals surface area contributed by atoms with Gasteiger partial charge in [0.1, 0.15) is 0 Å². The molecule has 0 aliphatic rings. The smallest absolute Gasteiger partial charge is 0.0406 e. The number of hydrogen-bond acceptors (Lipinski definition) is 2. The molecule has 1 unspecified atom stereocenters. The number of halogens is 1. The third kappa shape index (κ3) is 8.18. The summed E-state index contributed by atoms with van der Waals surface area (Å²) in [6.45, 7) is 5.62. The molecule has 1 rings (SSSR count). The van der Waals surface area contributed by atoms with E-state index in [0.717, 1.165) is 17.3 Å². The molecule has 1 nitrogen and oxygen atoms in total. The molecule has 0 radical (unpaired) electrons. The van der Waals surface area contributed by atoms with E-state index in [2.05, 4.69) is 31.3 Å². The molecule has 0 fully saturated rings. The van der Waals surface area contributed by atoms with Crippen molar-refractivity contribution in [1.29, 1.82) is 0 Å². The molecule has 0 aliphatic carbocycles. The first-order valence-electron chi connectivity index (χ1n) is 7.88. The molecule has 20 heavy (non-hydrogen) atoms. The summed E-state index contributed by atoms with van der Waals surface area (Å²) in [5.74, 6) is 1.15. The molecule has 0 aliphatic heterocycles. The Hall–Kier alpha value is -0.180. The van der Waals surface area contributed by atoms with E-state index >= 15 is 0 Å². The lowest BCUT2D eigenvalue weighted by Crippen LogP contribution is -2.31. The van der Waals surface area contributed by atoms with Gasteiger partial charge in [0.05, 0.1) is 0 Å². The van der Waals surface area contributed by atoms with Crippen LogP contribution in [0.5, 0.6) is 0 Å². The third-order valence-electron chi connectivity index (χ3n) is 3.35. The van der Waals surface area contributed by atoms with E-state index in [-0.39, 0.29) is 0 Å². The number of benzene rings is 1. The van der Waals surface area contributed by atoms with Gasteiger partial charge in [-0.1, -0.05) is 51.1 Å². The van der Waals surface area contributed by atoms with E-state index < -0.39 is 0 Å². The van der Waals surface area contributed by atoms with Crippen molar-refractivity contribution >= 4 is 23.4 Å². The normalized spacial score (nSPS) is 12.6. The SMILES string of the molecule is CCCCCCC(CSc1ccc(Cl)cc1)NCCC. The van der Waals surface area contributed by atoms with Crippen molar-refractivity contribution < 1.29 is 0 Å². The summed E-state index contributed by atoms with van der Waals surface area (Å²) in [4.78, 5) is 1.31. The zero-order valence-electron chi connectivity index (χ0n) is 12.8. The van der Waals surface area contributed by atoms with Gasteiger partial charge in [0.15, 0.2) is 0 Å². The highest BCUT2D eigenvalue weighted by atomic mass is 35.5. The minimum absolute atomic E-state index is 0.632. The highest BCUT2D eigenvalue weighted by Crippen LogP contribution is 2.22. The number of thioether (sulfide) groups is 1. The van der Waals surface area contributed by atoms with Crippen molar-refractivity contribution in [2.75, 3.05) is 12.3 Å². The molecular formula is C17H28ClNS. The average molecular weight is 314 g/mol. The molecule has 0 bridgehead atoms. The molecule has 0 aromatic heterocycles. The first kappa shape index (κ1) is 17.9. The predicted molar refractivity (Wildman–Crippen MR) is 93.0 cm³/mol. The summed E-state index contributed by atoms with van der Waals surface area (Å²) in [5, 5.41) is 4.50. The Morgan fingerprint density at radius 2 is 1.80 bits per heavy atom. The molecule has 1 aromatic carbocycles. The summed E-state index contributed by atoms with van der Waals surface area (Å²) in [6, 6.07) is 8.80. The van der Waals surface area contributed by atoms with Crippen LogP contribution < -0.4 is 5.32 Å². The number of nitrogens with one attached hydrogen (secondary N) is 1. The van der Waals surface area contributed by atoms with Gasteiger partial charge in [0.25, 0.3) is 0 Å². The molecule has 0 saturated heterocycles. The van der Waals surface area contributed by atoms with E-state index in [4.69, 9.17) is 11.6 Å². The van der Waals surface area contributed by atoms with Crippen molar-refractivity contribution in [1.82, 2.24) is 5.32 Å². The molecular weight excluding hydrogens is 286 g/mol. The topological polar surface area (TPSA) is 12.0 Å². The second-order valence-electron chi connectivity index (χ2n) is 5.27. The number of unbranched alkanes of at least 4 members (excludes halogenated alkanes) is 3. The lowest BCUT2D eigenvalue weighted by atomic mass is 10.1. The van der Waals surface area contributed by atoms with Gasteiger partial charge >= 0.3 is 0 Å². The monoisotopic (exact) mass is 313 g/mol.